The molecule has 0 spiro atoms. The van der Waals surface area contributed by atoms with E-state index in [2.05, 4.69) is 25.9 Å². The lowest BCUT2D eigenvalue weighted by Crippen LogP contribution is -2.48. The van der Waals surface area contributed by atoms with Crippen LogP contribution in [-0.2, 0) is 16.1 Å². The van der Waals surface area contributed by atoms with E-state index in [4.69, 9.17) is 4.74 Å². The number of amides is 2. The third-order valence-electron chi connectivity index (χ3n) is 6.45. The van der Waals surface area contributed by atoms with Crippen molar-refractivity contribution in [3.63, 3.8) is 0 Å². The van der Waals surface area contributed by atoms with Crippen molar-refractivity contribution in [2.24, 2.45) is 0 Å². The van der Waals surface area contributed by atoms with E-state index in [1.165, 1.54) is 0 Å². The number of anilines is 2. The molecule has 2 aliphatic rings. The Balaban J connectivity index is 0.00000289. The van der Waals surface area contributed by atoms with Gasteiger partial charge in [-0.1, -0.05) is 18.2 Å². The summed E-state index contributed by atoms with van der Waals surface area (Å²) in [6.45, 7) is 2.42. The third-order valence-corrected chi connectivity index (χ3v) is 6.45. The summed E-state index contributed by atoms with van der Waals surface area (Å²) in [5.41, 5.74) is 1.55. The van der Waals surface area contributed by atoms with Crippen molar-refractivity contribution in [3.05, 3.63) is 53.9 Å². The number of carbonyl (C=O) groups excluding carboxylic acids is 2. The zero-order valence-electron chi connectivity index (χ0n) is 19.3. The Labute approximate surface area is 209 Å². The number of hydrogen-bond acceptors (Lipinski definition) is 7. The molecular formula is C25H28ClN5O4. The van der Waals surface area contributed by atoms with E-state index in [0.29, 0.717) is 55.0 Å². The molecule has 0 radical (unpaired) electrons. The van der Waals surface area contributed by atoms with E-state index in [0.717, 1.165) is 16.8 Å². The maximum Gasteiger partial charge on any atom is 0.263 e. The molecular weight excluding hydrogens is 470 g/mol. The number of ether oxygens (including phenoxy) is 1. The topological polar surface area (TPSA) is 125 Å². The number of aromatic nitrogens is 2. The molecule has 1 aliphatic heterocycles. The third kappa shape index (κ3) is 5.37. The molecule has 1 fully saturated rings. The fraction of sp³-hybridized carbons (Fsp3) is 0.360. The molecule has 3 aromatic rings. The second-order valence-electron chi connectivity index (χ2n) is 8.96. The molecule has 1 aliphatic carbocycles. The number of fused-ring (bicyclic) bond motifs is 2. The lowest BCUT2D eigenvalue weighted by atomic mass is 9.81. The molecule has 0 atom stereocenters. The van der Waals surface area contributed by atoms with Crippen molar-refractivity contribution in [2.75, 3.05) is 17.2 Å². The maximum absolute atomic E-state index is 13.0. The first-order chi connectivity index (χ1) is 16.4. The standard InChI is InChI=1S/C25H27N5O4.ClH/c1-15-5-6-16-3-2-4-19(22(16)27-15)29-24(32)25(33)11-9-17(10-12-25)26-13-18-7-8-20-23(28-18)30-21(31)14-34-20;/h2-8,17,26,33H,9-14H2,1H3,(H,29,32)(H,28,30,31);1H/t17-,25-;. The molecule has 4 N–H and O–H groups in total. The molecule has 184 valence electrons. The van der Waals surface area contributed by atoms with E-state index in [1.54, 1.807) is 6.07 Å². The quantitative estimate of drug-likeness (QED) is 0.426. The van der Waals surface area contributed by atoms with Gasteiger partial charge in [-0.2, -0.15) is 0 Å². The number of para-hydroxylation sites is 1. The number of aryl methyl sites for hydroxylation is 1. The molecule has 5 rings (SSSR count). The Morgan fingerprint density at radius 2 is 1.97 bits per heavy atom. The van der Waals surface area contributed by atoms with Crippen LogP contribution in [0.2, 0.25) is 0 Å². The summed E-state index contributed by atoms with van der Waals surface area (Å²) in [5.74, 6) is 0.384. The SMILES string of the molecule is Cc1ccc2cccc(NC(=O)[C@]3(O)CC[C@H](NCc4ccc5c(n4)NC(=O)CO5)CC3)c2n1.Cl. The molecule has 0 saturated heterocycles. The second kappa shape index (κ2) is 10.2. The largest absolute Gasteiger partial charge is 0.480 e. The number of benzene rings is 1. The molecule has 35 heavy (non-hydrogen) atoms. The molecule has 10 heteroatoms. The monoisotopic (exact) mass is 497 g/mol. The molecule has 2 amide bonds. The van der Waals surface area contributed by atoms with Gasteiger partial charge < -0.3 is 25.8 Å². The van der Waals surface area contributed by atoms with Crippen LogP contribution in [0.1, 0.15) is 37.1 Å². The minimum absolute atomic E-state index is 0. The summed E-state index contributed by atoms with van der Waals surface area (Å²) < 4.78 is 5.34. The summed E-state index contributed by atoms with van der Waals surface area (Å²) in [7, 11) is 0. The van der Waals surface area contributed by atoms with Gasteiger partial charge >= 0.3 is 0 Å². The molecule has 3 heterocycles. The first-order valence-electron chi connectivity index (χ1n) is 11.5. The highest BCUT2D eigenvalue weighted by atomic mass is 35.5. The van der Waals surface area contributed by atoms with Crippen LogP contribution in [0.3, 0.4) is 0 Å². The molecule has 9 nitrogen and oxygen atoms in total. The van der Waals surface area contributed by atoms with E-state index in [1.807, 2.05) is 43.3 Å². The van der Waals surface area contributed by atoms with Crippen LogP contribution in [0.5, 0.6) is 5.75 Å². The van der Waals surface area contributed by atoms with Crippen LogP contribution in [0.25, 0.3) is 10.9 Å². The number of aliphatic hydroxyl groups is 1. The number of hydrogen-bond donors (Lipinski definition) is 4. The Morgan fingerprint density at radius 1 is 1.17 bits per heavy atom. The average Bonchev–Trinajstić information content (AvgIpc) is 2.84. The number of nitrogens with one attached hydrogen (secondary N) is 3. The molecule has 1 aromatic carbocycles. The smallest absolute Gasteiger partial charge is 0.263 e. The summed E-state index contributed by atoms with van der Waals surface area (Å²) >= 11 is 0. The van der Waals surface area contributed by atoms with Crippen molar-refractivity contribution in [3.8, 4) is 5.75 Å². The number of nitrogens with zero attached hydrogens (tertiary/aromatic N) is 2. The first kappa shape index (κ1) is 24.8. The van der Waals surface area contributed by atoms with Crippen molar-refractivity contribution in [2.45, 2.75) is 50.8 Å². The molecule has 0 bridgehead atoms. The van der Waals surface area contributed by atoms with Gasteiger partial charge in [0.1, 0.15) is 5.60 Å². The predicted molar refractivity (Wildman–Crippen MR) is 135 cm³/mol. The second-order valence-corrected chi connectivity index (χ2v) is 8.96. The van der Waals surface area contributed by atoms with Gasteiger partial charge in [-0.15, -0.1) is 12.4 Å². The summed E-state index contributed by atoms with van der Waals surface area (Å²) in [5, 5.41) is 21.1. The predicted octanol–water partition coefficient (Wildman–Crippen LogP) is 3.09. The zero-order valence-corrected chi connectivity index (χ0v) is 20.2. The Bertz CT molecular complexity index is 1260. The highest BCUT2D eigenvalue weighted by molar-refractivity contribution is 6.03. The zero-order chi connectivity index (χ0) is 23.7. The Morgan fingerprint density at radius 3 is 2.77 bits per heavy atom. The summed E-state index contributed by atoms with van der Waals surface area (Å²) in [4.78, 5) is 33.5. The molecule has 2 aromatic heterocycles. The average molecular weight is 498 g/mol. The summed E-state index contributed by atoms with van der Waals surface area (Å²) in [6, 6.07) is 13.3. The van der Waals surface area contributed by atoms with Gasteiger partial charge in [0.15, 0.2) is 18.2 Å². The maximum atomic E-state index is 13.0. The van der Waals surface area contributed by atoms with Crippen LogP contribution < -0.4 is 20.7 Å². The molecule has 1 saturated carbocycles. The first-order valence-corrected chi connectivity index (χ1v) is 11.5. The van der Waals surface area contributed by atoms with E-state index < -0.39 is 11.5 Å². The lowest BCUT2D eigenvalue weighted by molar-refractivity contribution is -0.137. The Hall–Kier alpha value is -3.27. The number of pyridine rings is 2. The van der Waals surface area contributed by atoms with Gasteiger partial charge in [0.25, 0.3) is 11.8 Å². The number of halogens is 1. The van der Waals surface area contributed by atoms with Gasteiger partial charge in [-0.25, -0.2) is 4.98 Å². The van der Waals surface area contributed by atoms with Gasteiger partial charge in [0, 0.05) is 23.7 Å². The van der Waals surface area contributed by atoms with E-state index >= 15 is 0 Å². The van der Waals surface area contributed by atoms with Crippen molar-refractivity contribution >= 4 is 46.6 Å². The van der Waals surface area contributed by atoms with Gasteiger partial charge in [0.05, 0.1) is 16.9 Å². The van der Waals surface area contributed by atoms with Gasteiger partial charge in [0.2, 0.25) is 0 Å². The number of carbonyl (C=O) groups is 2. The summed E-state index contributed by atoms with van der Waals surface area (Å²) in [6.07, 6.45) is 2.02. The van der Waals surface area contributed by atoms with E-state index in [-0.39, 0.29) is 31.0 Å². The fourth-order valence-electron chi connectivity index (χ4n) is 4.46. The van der Waals surface area contributed by atoms with Crippen molar-refractivity contribution in [1.29, 1.82) is 0 Å². The minimum atomic E-state index is -1.42. The van der Waals surface area contributed by atoms with Crippen molar-refractivity contribution in [1.82, 2.24) is 15.3 Å². The van der Waals surface area contributed by atoms with Crippen LogP contribution in [0.4, 0.5) is 11.5 Å². The van der Waals surface area contributed by atoms with Crippen LogP contribution in [0, 0.1) is 6.92 Å². The van der Waals surface area contributed by atoms with Crippen molar-refractivity contribution < 1.29 is 19.4 Å². The normalized spacial score (nSPS) is 21.3. The van der Waals surface area contributed by atoms with Crippen LogP contribution >= 0.6 is 12.4 Å². The lowest BCUT2D eigenvalue weighted by Gasteiger charge is -2.35. The van der Waals surface area contributed by atoms with Crippen LogP contribution in [-0.4, -0.2) is 45.1 Å². The highest BCUT2D eigenvalue weighted by Gasteiger charge is 2.40. The van der Waals surface area contributed by atoms with Gasteiger partial charge in [-0.05, 0) is 56.9 Å². The van der Waals surface area contributed by atoms with Gasteiger partial charge in [-0.3, -0.25) is 14.6 Å². The van der Waals surface area contributed by atoms with E-state index in [9.17, 15) is 14.7 Å². The molecule has 0 unspecified atom stereocenters. The number of rotatable bonds is 5. The fourth-order valence-corrected chi connectivity index (χ4v) is 4.46. The highest BCUT2D eigenvalue weighted by Crippen LogP contribution is 2.31. The Kier molecular flexibility index (Phi) is 7.20. The van der Waals surface area contributed by atoms with Crippen LogP contribution in [0.15, 0.2) is 42.5 Å². The minimum Gasteiger partial charge on any atom is -0.480 e.